The maximum atomic E-state index is 13.0. The fourth-order valence-corrected chi connectivity index (χ4v) is 4.83. The van der Waals surface area contributed by atoms with Crippen LogP contribution in [0.4, 0.5) is 14.9 Å². The summed E-state index contributed by atoms with van der Waals surface area (Å²) in [4.78, 5) is 18.5. The minimum atomic E-state index is -3.73. The van der Waals surface area contributed by atoms with E-state index in [1.54, 1.807) is 17.3 Å². The molecule has 2 amide bonds. The van der Waals surface area contributed by atoms with Crippen LogP contribution in [0.2, 0.25) is 0 Å². The minimum Gasteiger partial charge on any atom is -0.324 e. The van der Waals surface area contributed by atoms with Gasteiger partial charge in [-0.2, -0.15) is 0 Å². The van der Waals surface area contributed by atoms with Gasteiger partial charge in [0.05, 0.1) is 10.6 Å². The smallest absolute Gasteiger partial charge is 0.321 e. The van der Waals surface area contributed by atoms with Crippen molar-refractivity contribution < 1.29 is 17.6 Å². The van der Waals surface area contributed by atoms with Crippen molar-refractivity contribution in [2.24, 2.45) is 0 Å². The number of urea groups is 1. The lowest BCUT2D eigenvalue weighted by Crippen LogP contribution is -2.47. The summed E-state index contributed by atoms with van der Waals surface area (Å²) in [5.74, 6) is -0.490. The Morgan fingerprint density at radius 3 is 2.53 bits per heavy atom. The van der Waals surface area contributed by atoms with Crippen molar-refractivity contribution in [3.63, 3.8) is 0 Å². The van der Waals surface area contributed by atoms with Gasteiger partial charge in [-0.3, -0.25) is 4.98 Å². The average molecular weight is 428 g/mol. The summed E-state index contributed by atoms with van der Waals surface area (Å²) >= 11 is 0. The number of hydrogen-bond donors (Lipinski definition) is 2. The standard InChI is InChI=1S/C21H21FN4O3S/c22-16-4-6-18(7-5-16)30(28,29)25-17-9-12-26(13-10-17)21(27)24-20-3-1-2-15-14-23-11-8-19(15)20/h1-8,11,14,17,25H,9-10,12-13H2,(H,24,27). The average Bonchev–Trinajstić information content (AvgIpc) is 2.74. The monoisotopic (exact) mass is 428 g/mol. The van der Waals surface area contributed by atoms with Crippen molar-refractivity contribution in [3.05, 3.63) is 66.7 Å². The Bertz CT molecular complexity index is 1160. The van der Waals surface area contributed by atoms with E-state index in [1.807, 2.05) is 24.3 Å². The van der Waals surface area contributed by atoms with Crippen molar-refractivity contribution in [2.75, 3.05) is 18.4 Å². The molecule has 1 aliphatic heterocycles. The molecule has 7 nitrogen and oxygen atoms in total. The number of rotatable bonds is 4. The predicted molar refractivity (Wildman–Crippen MR) is 112 cm³/mol. The van der Waals surface area contributed by atoms with Crippen LogP contribution in [0.15, 0.2) is 65.8 Å². The maximum Gasteiger partial charge on any atom is 0.321 e. The van der Waals surface area contributed by atoms with Crippen LogP contribution in [-0.2, 0) is 10.0 Å². The van der Waals surface area contributed by atoms with Gasteiger partial charge in [-0.1, -0.05) is 12.1 Å². The zero-order chi connectivity index (χ0) is 21.1. The second-order valence-electron chi connectivity index (χ2n) is 7.17. The molecule has 1 fully saturated rings. The van der Waals surface area contributed by atoms with Crippen LogP contribution in [0, 0.1) is 5.82 Å². The van der Waals surface area contributed by atoms with E-state index in [2.05, 4.69) is 15.0 Å². The molecule has 1 aliphatic rings. The van der Waals surface area contributed by atoms with E-state index in [-0.39, 0.29) is 17.0 Å². The summed E-state index contributed by atoms with van der Waals surface area (Å²) in [5, 5.41) is 4.77. The Morgan fingerprint density at radius 1 is 1.07 bits per heavy atom. The fourth-order valence-electron chi connectivity index (χ4n) is 3.53. The van der Waals surface area contributed by atoms with Gasteiger partial charge in [-0.15, -0.1) is 0 Å². The normalized spacial score (nSPS) is 15.3. The summed E-state index contributed by atoms with van der Waals surface area (Å²) in [7, 11) is -3.73. The van der Waals surface area contributed by atoms with E-state index in [0.717, 1.165) is 22.9 Å². The highest BCUT2D eigenvalue weighted by molar-refractivity contribution is 7.89. The predicted octanol–water partition coefficient (Wildman–Crippen LogP) is 3.35. The zero-order valence-corrected chi connectivity index (χ0v) is 16.9. The van der Waals surface area contributed by atoms with Gasteiger partial charge >= 0.3 is 6.03 Å². The highest BCUT2D eigenvalue weighted by Gasteiger charge is 2.27. The number of pyridine rings is 1. The number of hydrogen-bond acceptors (Lipinski definition) is 4. The molecular formula is C21H21FN4O3S. The second kappa shape index (κ2) is 8.37. The van der Waals surface area contributed by atoms with Crippen LogP contribution >= 0.6 is 0 Å². The molecule has 2 N–H and O–H groups in total. The summed E-state index contributed by atoms with van der Waals surface area (Å²) in [5.41, 5.74) is 0.707. The molecule has 0 spiro atoms. The molecule has 30 heavy (non-hydrogen) atoms. The minimum absolute atomic E-state index is 0.0227. The second-order valence-corrected chi connectivity index (χ2v) is 8.88. The van der Waals surface area contributed by atoms with E-state index >= 15 is 0 Å². The molecule has 1 aromatic heterocycles. The lowest BCUT2D eigenvalue weighted by Gasteiger charge is -2.32. The maximum absolute atomic E-state index is 13.0. The molecule has 156 valence electrons. The van der Waals surface area contributed by atoms with Crippen molar-refractivity contribution in [2.45, 2.75) is 23.8 Å². The number of carbonyl (C=O) groups is 1. The first-order chi connectivity index (χ1) is 14.4. The van der Waals surface area contributed by atoms with Crippen LogP contribution < -0.4 is 10.0 Å². The third kappa shape index (κ3) is 4.42. The van der Waals surface area contributed by atoms with Crippen molar-refractivity contribution in [1.29, 1.82) is 0 Å². The molecule has 9 heteroatoms. The number of sulfonamides is 1. The number of aromatic nitrogens is 1. The third-order valence-corrected chi connectivity index (χ3v) is 6.69. The first-order valence-electron chi connectivity index (χ1n) is 9.59. The number of fused-ring (bicyclic) bond motifs is 1. The largest absolute Gasteiger partial charge is 0.324 e. The molecule has 4 rings (SSSR count). The van der Waals surface area contributed by atoms with Crippen LogP contribution in [-0.4, -0.2) is 43.5 Å². The molecule has 0 bridgehead atoms. The highest BCUT2D eigenvalue weighted by Crippen LogP contribution is 2.23. The van der Waals surface area contributed by atoms with Crippen molar-refractivity contribution in [3.8, 4) is 0 Å². The molecule has 1 saturated heterocycles. The number of benzene rings is 2. The number of halogens is 1. The molecule has 0 atom stereocenters. The van der Waals surface area contributed by atoms with Gasteiger partial charge in [0, 0.05) is 42.3 Å². The quantitative estimate of drug-likeness (QED) is 0.667. The number of anilines is 1. The third-order valence-electron chi connectivity index (χ3n) is 5.15. The molecule has 0 unspecified atom stereocenters. The molecule has 2 heterocycles. The lowest BCUT2D eigenvalue weighted by molar-refractivity contribution is 0.193. The Hall–Kier alpha value is -3.04. The van der Waals surface area contributed by atoms with Gasteiger partial charge in [0.1, 0.15) is 5.82 Å². The molecule has 2 aromatic carbocycles. The first-order valence-corrected chi connectivity index (χ1v) is 11.1. The first kappa shape index (κ1) is 20.2. The van der Waals surface area contributed by atoms with Gasteiger partial charge in [0.15, 0.2) is 0 Å². The van der Waals surface area contributed by atoms with Gasteiger partial charge in [-0.25, -0.2) is 22.3 Å². The lowest BCUT2D eigenvalue weighted by atomic mass is 10.1. The number of nitrogens with zero attached hydrogens (tertiary/aromatic N) is 2. The Balaban J connectivity index is 1.36. The fraction of sp³-hybridized carbons (Fsp3) is 0.238. The van der Waals surface area contributed by atoms with E-state index in [4.69, 9.17) is 0 Å². The van der Waals surface area contributed by atoms with E-state index in [1.165, 1.54) is 12.1 Å². The Labute approximate surface area is 174 Å². The van der Waals surface area contributed by atoms with Gasteiger partial charge in [0.25, 0.3) is 0 Å². The SMILES string of the molecule is O=C(Nc1cccc2cnccc12)N1CCC(NS(=O)(=O)c2ccc(F)cc2)CC1. The molecular weight excluding hydrogens is 407 g/mol. The summed E-state index contributed by atoms with van der Waals surface area (Å²) in [6, 6.07) is 11.7. The Morgan fingerprint density at radius 2 is 1.80 bits per heavy atom. The van der Waals surface area contributed by atoms with Crippen LogP contribution in [0.3, 0.4) is 0 Å². The Kier molecular flexibility index (Phi) is 5.65. The van der Waals surface area contributed by atoms with Crippen LogP contribution in [0.5, 0.6) is 0 Å². The zero-order valence-electron chi connectivity index (χ0n) is 16.1. The van der Waals surface area contributed by atoms with Crippen LogP contribution in [0.1, 0.15) is 12.8 Å². The van der Waals surface area contributed by atoms with Gasteiger partial charge in [-0.05, 0) is 49.2 Å². The number of piperidine rings is 1. The molecule has 3 aromatic rings. The van der Waals surface area contributed by atoms with Crippen molar-refractivity contribution >= 4 is 32.5 Å². The highest BCUT2D eigenvalue weighted by atomic mass is 32.2. The van der Waals surface area contributed by atoms with Gasteiger partial charge < -0.3 is 10.2 Å². The van der Waals surface area contributed by atoms with E-state index in [9.17, 15) is 17.6 Å². The summed E-state index contributed by atoms with van der Waals surface area (Å²) in [6.07, 6.45) is 4.40. The number of likely N-dealkylation sites (tertiary alicyclic amines) is 1. The van der Waals surface area contributed by atoms with E-state index in [0.29, 0.717) is 31.6 Å². The number of amides is 2. The summed E-state index contributed by atoms with van der Waals surface area (Å²) in [6.45, 7) is 0.851. The summed E-state index contributed by atoms with van der Waals surface area (Å²) < 4.78 is 40.6. The molecule has 0 saturated carbocycles. The number of nitrogens with one attached hydrogen (secondary N) is 2. The van der Waals surface area contributed by atoms with Crippen LogP contribution in [0.25, 0.3) is 10.8 Å². The number of carbonyl (C=O) groups excluding carboxylic acids is 1. The molecule has 0 radical (unpaired) electrons. The molecule has 0 aliphatic carbocycles. The van der Waals surface area contributed by atoms with Crippen molar-refractivity contribution in [1.82, 2.24) is 14.6 Å². The topological polar surface area (TPSA) is 91.4 Å². The van der Waals surface area contributed by atoms with E-state index < -0.39 is 15.8 Å². The van der Waals surface area contributed by atoms with Gasteiger partial charge in [0.2, 0.25) is 10.0 Å².